The standard InChI is InChI=1S/C14H17N5O2/c1-10(18-14(15)21)13(20)16-7-11-8-17-19(9-11)12-5-3-2-4-6-12/h2-6,8-10H,7H2,1H3,(H,16,20)(H3,15,18,21). The number of carbonyl (C=O) groups is 2. The SMILES string of the molecule is CC(NC(N)=O)C(=O)NCc1cnn(-c2ccccc2)c1. The predicted octanol–water partition coefficient (Wildman–Crippen LogP) is 0.545. The van der Waals surface area contributed by atoms with E-state index in [1.54, 1.807) is 17.8 Å². The van der Waals surface area contributed by atoms with Crippen molar-refractivity contribution in [2.24, 2.45) is 5.73 Å². The minimum atomic E-state index is -0.727. The molecule has 0 radical (unpaired) electrons. The fraction of sp³-hybridized carbons (Fsp3) is 0.214. The molecule has 0 saturated heterocycles. The number of hydrogen-bond donors (Lipinski definition) is 3. The second kappa shape index (κ2) is 6.56. The van der Waals surface area contributed by atoms with E-state index in [-0.39, 0.29) is 5.91 Å². The Morgan fingerprint density at radius 2 is 2.05 bits per heavy atom. The van der Waals surface area contributed by atoms with E-state index in [0.29, 0.717) is 6.54 Å². The van der Waals surface area contributed by atoms with Gasteiger partial charge in [-0.05, 0) is 19.1 Å². The van der Waals surface area contributed by atoms with Gasteiger partial charge in [0.1, 0.15) is 6.04 Å². The van der Waals surface area contributed by atoms with Crippen LogP contribution in [0.2, 0.25) is 0 Å². The van der Waals surface area contributed by atoms with Gasteiger partial charge < -0.3 is 16.4 Å². The van der Waals surface area contributed by atoms with E-state index >= 15 is 0 Å². The number of para-hydroxylation sites is 1. The first-order chi connectivity index (χ1) is 10.1. The Balaban J connectivity index is 1.91. The van der Waals surface area contributed by atoms with Crippen LogP contribution in [0.5, 0.6) is 0 Å². The Morgan fingerprint density at radius 1 is 1.33 bits per heavy atom. The number of hydrogen-bond acceptors (Lipinski definition) is 3. The van der Waals surface area contributed by atoms with Crippen LogP contribution < -0.4 is 16.4 Å². The topological polar surface area (TPSA) is 102 Å². The molecule has 1 atom stereocenters. The number of urea groups is 1. The molecule has 0 fully saturated rings. The number of carbonyl (C=O) groups excluding carboxylic acids is 2. The molecule has 1 aromatic carbocycles. The lowest BCUT2D eigenvalue weighted by Crippen LogP contribution is -2.46. The van der Waals surface area contributed by atoms with Crippen molar-refractivity contribution in [2.45, 2.75) is 19.5 Å². The molecule has 110 valence electrons. The van der Waals surface area contributed by atoms with Crippen molar-refractivity contribution < 1.29 is 9.59 Å². The maximum atomic E-state index is 11.7. The van der Waals surface area contributed by atoms with E-state index < -0.39 is 12.1 Å². The normalized spacial score (nSPS) is 11.7. The van der Waals surface area contributed by atoms with Crippen LogP contribution in [-0.4, -0.2) is 27.8 Å². The molecular weight excluding hydrogens is 270 g/mol. The Hall–Kier alpha value is -2.83. The Labute approximate surface area is 122 Å². The molecule has 7 heteroatoms. The van der Waals surface area contributed by atoms with Crippen LogP contribution in [-0.2, 0) is 11.3 Å². The van der Waals surface area contributed by atoms with Gasteiger partial charge in [-0.2, -0.15) is 5.10 Å². The maximum absolute atomic E-state index is 11.7. The molecular formula is C14H17N5O2. The van der Waals surface area contributed by atoms with Gasteiger partial charge in [-0.25, -0.2) is 9.48 Å². The fourth-order valence-corrected chi connectivity index (χ4v) is 1.79. The van der Waals surface area contributed by atoms with Gasteiger partial charge in [-0.3, -0.25) is 4.79 Å². The second-order valence-electron chi connectivity index (χ2n) is 4.58. The van der Waals surface area contributed by atoms with Crippen molar-refractivity contribution in [3.8, 4) is 5.69 Å². The molecule has 0 aliphatic heterocycles. The Morgan fingerprint density at radius 3 is 2.71 bits per heavy atom. The first kappa shape index (κ1) is 14.6. The van der Waals surface area contributed by atoms with Gasteiger partial charge in [0, 0.05) is 18.3 Å². The summed E-state index contributed by atoms with van der Waals surface area (Å²) in [5.74, 6) is -0.304. The molecule has 0 saturated carbocycles. The molecule has 0 bridgehead atoms. The number of primary amides is 1. The van der Waals surface area contributed by atoms with Gasteiger partial charge in [-0.1, -0.05) is 18.2 Å². The first-order valence-corrected chi connectivity index (χ1v) is 6.49. The molecule has 1 heterocycles. The average Bonchev–Trinajstić information content (AvgIpc) is 2.94. The van der Waals surface area contributed by atoms with E-state index in [2.05, 4.69) is 15.7 Å². The molecule has 0 aliphatic carbocycles. The maximum Gasteiger partial charge on any atom is 0.312 e. The second-order valence-corrected chi connectivity index (χ2v) is 4.58. The van der Waals surface area contributed by atoms with Gasteiger partial charge in [0.2, 0.25) is 5.91 Å². The van der Waals surface area contributed by atoms with Crippen molar-refractivity contribution in [2.75, 3.05) is 0 Å². The van der Waals surface area contributed by atoms with E-state index in [1.165, 1.54) is 0 Å². The zero-order chi connectivity index (χ0) is 15.2. The minimum Gasteiger partial charge on any atom is -0.352 e. The monoisotopic (exact) mass is 287 g/mol. The number of benzene rings is 1. The highest BCUT2D eigenvalue weighted by Gasteiger charge is 2.13. The van der Waals surface area contributed by atoms with Crippen LogP contribution in [0.15, 0.2) is 42.7 Å². The molecule has 2 rings (SSSR count). The van der Waals surface area contributed by atoms with Crippen molar-refractivity contribution >= 4 is 11.9 Å². The number of nitrogens with zero attached hydrogens (tertiary/aromatic N) is 2. The zero-order valence-corrected chi connectivity index (χ0v) is 11.6. The summed E-state index contributed by atoms with van der Waals surface area (Å²) < 4.78 is 1.73. The Kier molecular flexibility index (Phi) is 4.55. The van der Waals surface area contributed by atoms with E-state index in [4.69, 9.17) is 5.73 Å². The van der Waals surface area contributed by atoms with Crippen LogP contribution >= 0.6 is 0 Å². The highest BCUT2D eigenvalue weighted by molar-refractivity contribution is 5.86. The number of nitrogens with two attached hydrogens (primary N) is 1. The molecule has 1 aromatic heterocycles. The van der Waals surface area contributed by atoms with Crippen LogP contribution in [0.1, 0.15) is 12.5 Å². The number of aromatic nitrogens is 2. The number of rotatable bonds is 5. The van der Waals surface area contributed by atoms with E-state index in [0.717, 1.165) is 11.3 Å². The van der Waals surface area contributed by atoms with Crippen LogP contribution in [0.3, 0.4) is 0 Å². The van der Waals surface area contributed by atoms with Crippen molar-refractivity contribution in [1.82, 2.24) is 20.4 Å². The molecule has 3 amide bonds. The minimum absolute atomic E-state index is 0.304. The van der Waals surface area contributed by atoms with Crippen molar-refractivity contribution in [1.29, 1.82) is 0 Å². The highest BCUT2D eigenvalue weighted by atomic mass is 16.2. The quantitative estimate of drug-likeness (QED) is 0.748. The van der Waals surface area contributed by atoms with Gasteiger partial charge in [-0.15, -0.1) is 0 Å². The predicted molar refractivity (Wildman–Crippen MR) is 77.6 cm³/mol. The summed E-state index contributed by atoms with van der Waals surface area (Å²) in [5, 5.41) is 9.26. The van der Waals surface area contributed by atoms with Crippen molar-refractivity contribution in [3.05, 3.63) is 48.3 Å². The van der Waals surface area contributed by atoms with Crippen LogP contribution in [0, 0.1) is 0 Å². The lowest BCUT2D eigenvalue weighted by molar-refractivity contribution is -0.122. The average molecular weight is 287 g/mol. The van der Waals surface area contributed by atoms with E-state index in [9.17, 15) is 9.59 Å². The third-order valence-electron chi connectivity index (χ3n) is 2.88. The van der Waals surface area contributed by atoms with Crippen LogP contribution in [0.4, 0.5) is 4.79 Å². The molecule has 21 heavy (non-hydrogen) atoms. The Bertz CT molecular complexity index is 623. The molecule has 2 aromatic rings. The van der Waals surface area contributed by atoms with Gasteiger partial charge >= 0.3 is 6.03 Å². The third kappa shape index (κ3) is 4.07. The lowest BCUT2D eigenvalue weighted by Gasteiger charge is -2.11. The number of nitrogens with one attached hydrogen (secondary N) is 2. The highest BCUT2D eigenvalue weighted by Crippen LogP contribution is 2.07. The first-order valence-electron chi connectivity index (χ1n) is 6.49. The summed E-state index contributed by atoms with van der Waals surface area (Å²) >= 11 is 0. The van der Waals surface area contributed by atoms with E-state index in [1.807, 2.05) is 36.5 Å². The summed E-state index contributed by atoms with van der Waals surface area (Å²) in [5.41, 5.74) is 6.77. The number of amides is 3. The molecule has 7 nitrogen and oxygen atoms in total. The third-order valence-corrected chi connectivity index (χ3v) is 2.88. The zero-order valence-electron chi connectivity index (χ0n) is 11.6. The lowest BCUT2D eigenvalue weighted by atomic mass is 10.3. The molecule has 0 aliphatic rings. The van der Waals surface area contributed by atoms with Crippen molar-refractivity contribution in [3.63, 3.8) is 0 Å². The van der Waals surface area contributed by atoms with Gasteiger partial charge in [0.25, 0.3) is 0 Å². The molecule has 0 spiro atoms. The largest absolute Gasteiger partial charge is 0.352 e. The fourth-order valence-electron chi connectivity index (χ4n) is 1.79. The summed E-state index contributed by atoms with van der Waals surface area (Å²) in [6.07, 6.45) is 3.52. The summed E-state index contributed by atoms with van der Waals surface area (Å²) in [7, 11) is 0. The summed E-state index contributed by atoms with van der Waals surface area (Å²) in [4.78, 5) is 22.4. The summed E-state index contributed by atoms with van der Waals surface area (Å²) in [6, 6.07) is 8.26. The molecule has 4 N–H and O–H groups in total. The van der Waals surface area contributed by atoms with Crippen LogP contribution in [0.25, 0.3) is 5.69 Å². The molecule has 1 unspecified atom stereocenters. The van der Waals surface area contributed by atoms with Gasteiger partial charge in [0.05, 0.1) is 11.9 Å². The smallest absolute Gasteiger partial charge is 0.312 e. The summed E-state index contributed by atoms with van der Waals surface area (Å²) in [6.45, 7) is 1.89. The van der Waals surface area contributed by atoms with Gasteiger partial charge in [0.15, 0.2) is 0 Å².